The van der Waals surface area contributed by atoms with Gasteiger partial charge in [0.25, 0.3) is 0 Å². The molecule has 2 aliphatic rings. The third-order valence-corrected chi connectivity index (χ3v) is 4.95. The smallest absolute Gasteiger partial charge is 0.227 e. The molecule has 4 heteroatoms. The summed E-state index contributed by atoms with van der Waals surface area (Å²) in [4.78, 5) is 17.0. The molecule has 4 nitrogen and oxygen atoms in total. The van der Waals surface area contributed by atoms with Gasteiger partial charge in [0.15, 0.2) is 0 Å². The highest BCUT2D eigenvalue weighted by Crippen LogP contribution is 2.23. The lowest BCUT2D eigenvalue weighted by atomic mass is 9.96. The van der Waals surface area contributed by atoms with E-state index in [1.54, 1.807) is 0 Å². The van der Waals surface area contributed by atoms with Crippen molar-refractivity contribution in [1.82, 2.24) is 4.90 Å². The molecule has 2 saturated heterocycles. The second kappa shape index (κ2) is 7.14. The van der Waals surface area contributed by atoms with E-state index in [-0.39, 0.29) is 11.8 Å². The molecule has 0 saturated carbocycles. The number of amides is 1. The summed E-state index contributed by atoms with van der Waals surface area (Å²) in [6, 6.07) is 8.35. The number of hydrogen-bond donors (Lipinski definition) is 1. The molecule has 120 valence electrons. The van der Waals surface area contributed by atoms with Gasteiger partial charge in [-0.05, 0) is 76.5 Å². The molecule has 3 rings (SSSR count). The van der Waals surface area contributed by atoms with E-state index in [0.717, 1.165) is 44.7 Å². The number of nitrogens with zero attached hydrogens (tertiary/aromatic N) is 2. The van der Waals surface area contributed by atoms with Crippen molar-refractivity contribution in [3.05, 3.63) is 24.3 Å². The van der Waals surface area contributed by atoms with Gasteiger partial charge >= 0.3 is 0 Å². The van der Waals surface area contributed by atoms with Crippen molar-refractivity contribution in [2.45, 2.75) is 32.1 Å². The first-order chi connectivity index (χ1) is 10.7. The van der Waals surface area contributed by atoms with E-state index in [1.165, 1.54) is 24.9 Å². The second-order valence-electron chi connectivity index (χ2n) is 6.66. The first-order valence-corrected chi connectivity index (χ1v) is 8.57. The van der Waals surface area contributed by atoms with Gasteiger partial charge in [-0.25, -0.2) is 0 Å². The van der Waals surface area contributed by atoms with Crippen LogP contribution < -0.4 is 10.2 Å². The number of hydrogen-bond acceptors (Lipinski definition) is 3. The Kier molecular flexibility index (Phi) is 4.98. The SMILES string of the molecule is CN1CCC(C(=O)Nc2ccc(N3CCCCC3)cc2)CC1. The molecule has 0 radical (unpaired) electrons. The van der Waals surface area contributed by atoms with Crippen LogP contribution in [0.3, 0.4) is 0 Å². The fourth-order valence-electron chi connectivity index (χ4n) is 3.42. The van der Waals surface area contributed by atoms with Crippen molar-refractivity contribution in [1.29, 1.82) is 0 Å². The van der Waals surface area contributed by atoms with E-state index < -0.39 is 0 Å². The van der Waals surface area contributed by atoms with E-state index in [2.05, 4.69) is 34.3 Å². The Morgan fingerprint density at radius 2 is 1.64 bits per heavy atom. The minimum atomic E-state index is 0.165. The molecule has 22 heavy (non-hydrogen) atoms. The minimum Gasteiger partial charge on any atom is -0.372 e. The molecule has 2 fully saturated rings. The Morgan fingerprint density at radius 1 is 1.00 bits per heavy atom. The number of benzene rings is 1. The molecule has 0 spiro atoms. The summed E-state index contributed by atoms with van der Waals surface area (Å²) in [6.07, 6.45) is 5.85. The molecule has 0 atom stereocenters. The lowest BCUT2D eigenvalue weighted by Crippen LogP contribution is -2.35. The van der Waals surface area contributed by atoms with Crippen LogP contribution in [0.25, 0.3) is 0 Å². The number of carbonyl (C=O) groups is 1. The van der Waals surface area contributed by atoms with Crippen LogP contribution in [0.2, 0.25) is 0 Å². The molecule has 0 aromatic heterocycles. The fraction of sp³-hybridized carbons (Fsp3) is 0.611. The summed E-state index contributed by atoms with van der Waals surface area (Å²) in [7, 11) is 2.12. The summed E-state index contributed by atoms with van der Waals surface area (Å²) in [6.45, 7) is 4.35. The summed E-state index contributed by atoms with van der Waals surface area (Å²) in [5, 5.41) is 3.08. The van der Waals surface area contributed by atoms with Gasteiger partial charge in [0.1, 0.15) is 0 Å². The number of piperidine rings is 2. The molecule has 0 aliphatic carbocycles. The summed E-state index contributed by atoms with van der Waals surface area (Å²) in [5.41, 5.74) is 2.20. The van der Waals surface area contributed by atoms with Crippen LogP contribution in [0.15, 0.2) is 24.3 Å². The normalized spacial score (nSPS) is 20.9. The zero-order valence-corrected chi connectivity index (χ0v) is 13.6. The Balaban J connectivity index is 1.55. The van der Waals surface area contributed by atoms with Gasteiger partial charge in [-0.3, -0.25) is 4.79 Å². The zero-order valence-electron chi connectivity index (χ0n) is 13.6. The number of nitrogens with one attached hydrogen (secondary N) is 1. The molecule has 0 bridgehead atoms. The van der Waals surface area contributed by atoms with Crippen molar-refractivity contribution in [2.75, 3.05) is 43.4 Å². The number of rotatable bonds is 3. The Labute approximate surface area is 133 Å². The molecule has 1 N–H and O–H groups in total. The second-order valence-corrected chi connectivity index (χ2v) is 6.66. The first kappa shape index (κ1) is 15.3. The summed E-state index contributed by atoms with van der Waals surface area (Å²) in [5.74, 6) is 0.344. The molecule has 1 amide bonds. The van der Waals surface area contributed by atoms with Gasteiger partial charge in [-0.15, -0.1) is 0 Å². The van der Waals surface area contributed by atoms with E-state index in [0.29, 0.717) is 0 Å². The first-order valence-electron chi connectivity index (χ1n) is 8.57. The lowest BCUT2D eigenvalue weighted by molar-refractivity contribution is -0.121. The van der Waals surface area contributed by atoms with Gasteiger partial charge in [0.2, 0.25) is 5.91 Å². The van der Waals surface area contributed by atoms with Gasteiger partial charge in [0.05, 0.1) is 0 Å². The van der Waals surface area contributed by atoms with E-state index in [1.807, 2.05) is 12.1 Å². The van der Waals surface area contributed by atoms with Crippen LogP contribution in [0.4, 0.5) is 11.4 Å². The molecule has 0 unspecified atom stereocenters. The van der Waals surface area contributed by atoms with Crippen molar-refractivity contribution in [3.8, 4) is 0 Å². The van der Waals surface area contributed by atoms with Crippen LogP contribution in [0, 0.1) is 5.92 Å². The molecule has 2 aliphatic heterocycles. The van der Waals surface area contributed by atoms with Crippen molar-refractivity contribution in [3.63, 3.8) is 0 Å². The fourth-order valence-corrected chi connectivity index (χ4v) is 3.42. The van der Waals surface area contributed by atoms with Gasteiger partial charge in [-0.1, -0.05) is 0 Å². The highest BCUT2D eigenvalue weighted by Gasteiger charge is 2.23. The van der Waals surface area contributed by atoms with E-state index in [9.17, 15) is 4.79 Å². The average Bonchev–Trinajstić information content (AvgIpc) is 2.57. The van der Waals surface area contributed by atoms with Crippen LogP contribution >= 0.6 is 0 Å². The molecular weight excluding hydrogens is 274 g/mol. The van der Waals surface area contributed by atoms with Crippen LogP contribution in [-0.2, 0) is 4.79 Å². The maximum Gasteiger partial charge on any atom is 0.227 e. The predicted molar refractivity (Wildman–Crippen MR) is 91.4 cm³/mol. The van der Waals surface area contributed by atoms with Crippen LogP contribution in [-0.4, -0.2) is 44.0 Å². The monoisotopic (exact) mass is 301 g/mol. The average molecular weight is 301 g/mol. The van der Waals surface area contributed by atoms with Gasteiger partial charge in [-0.2, -0.15) is 0 Å². The molecule has 1 aromatic rings. The minimum absolute atomic E-state index is 0.165. The van der Waals surface area contributed by atoms with Gasteiger partial charge < -0.3 is 15.1 Å². The zero-order chi connectivity index (χ0) is 15.4. The number of likely N-dealkylation sites (tertiary alicyclic amines) is 1. The molecular formula is C18H27N3O. The van der Waals surface area contributed by atoms with Crippen molar-refractivity contribution >= 4 is 17.3 Å². The van der Waals surface area contributed by atoms with Crippen LogP contribution in [0.5, 0.6) is 0 Å². The summed E-state index contributed by atoms with van der Waals surface area (Å²) < 4.78 is 0. The van der Waals surface area contributed by atoms with Crippen molar-refractivity contribution < 1.29 is 4.79 Å². The highest BCUT2D eigenvalue weighted by molar-refractivity contribution is 5.92. The standard InChI is InChI=1S/C18H27N3O/c1-20-13-9-15(10-14-20)18(22)19-16-5-7-17(8-6-16)21-11-3-2-4-12-21/h5-8,15H,2-4,9-14H2,1H3,(H,19,22). The number of anilines is 2. The Morgan fingerprint density at radius 3 is 2.27 bits per heavy atom. The quantitative estimate of drug-likeness (QED) is 0.932. The van der Waals surface area contributed by atoms with E-state index >= 15 is 0 Å². The maximum atomic E-state index is 12.3. The molecule has 2 heterocycles. The van der Waals surface area contributed by atoms with Crippen molar-refractivity contribution in [2.24, 2.45) is 5.92 Å². The predicted octanol–water partition coefficient (Wildman–Crippen LogP) is 2.96. The maximum absolute atomic E-state index is 12.3. The third kappa shape index (κ3) is 3.80. The van der Waals surface area contributed by atoms with E-state index in [4.69, 9.17) is 0 Å². The highest BCUT2D eigenvalue weighted by atomic mass is 16.1. The lowest BCUT2D eigenvalue weighted by Gasteiger charge is -2.29. The molecule has 1 aromatic carbocycles. The largest absolute Gasteiger partial charge is 0.372 e. The van der Waals surface area contributed by atoms with Gasteiger partial charge in [0, 0.05) is 30.4 Å². The summed E-state index contributed by atoms with van der Waals surface area (Å²) >= 11 is 0. The topological polar surface area (TPSA) is 35.6 Å². The Bertz CT molecular complexity index is 486. The Hall–Kier alpha value is -1.55. The third-order valence-electron chi connectivity index (χ3n) is 4.95. The number of carbonyl (C=O) groups excluding carboxylic acids is 1. The van der Waals surface area contributed by atoms with Crippen LogP contribution in [0.1, 0.15) is 32.1 Å².